The van der Waals surface area contributed by atoms with Crippen LogP contribution >= 0.6 is 0 Å². The first kappa shape index (κ1) is 15.7. The fourth-order valence-electron chi connectivity index (χ4n) is 4.56. The molecule has 2 aromatic rings. The number of allylic oxidation sites excluding steroid dienone is 2. The van der Waals surface area contributed by atoms with Gasteiger partial charge in [-0.3, -0.25) is 4.79 Å². The van der Waals surface area contributed by atoms with E-state index >= 15 is 0 Å². The summed E-state index contributed by atoms with van der Waals surface area (Å²) in [4.78, 5) is 21.6. The Kier molecular flexibility index (Phi) is 3.54. The lowest BCUT2D eigenvalue weighted by atomic mass is 9.57. The van der Waals surface area contributed by atoms with E-state index in [9.17, 15) is 10.1 Å². The lowest BCUT2D eigenvalue weighted by Crippen LogP contribution is -2.46. The average Bonchev–Trinajstić information content (AvgIpc) is 2.65. The third kappa shape index (κ3) is 2.23. The molecule has 4 nitrogen and oxygen atoms in total. The Morgan fingerprint density at radius 1 is 1.24 bits per heavy atom. The van der Waals surface area contributed by atoms with Crippen LogP contribution in [0.4, 0.5) is 0 Å². The summed E-state index contributed by atoms with van der Waals surface area (Å²) in [5, 5.41) is 9.39. The molecule has 0 radical (unpaired) electrons. The van der Waals surface area contributed by atoms with E-state index in [-0.39, 0.29) is 23.2 Å². The summed E-state index contributed by atoms with van der Waals surface area (Å²) in [6, 6.07) is 12.2. The number of hydrogen-bond acceptors (Lipinski definition) is 4. The van der Waals surface area contributed by atoms with E-state index < -0.39 is 5.41 Å². The molecule has 2 aliphatic rings. The molecule has 2 aliphatic carbocycles. The van der Waals surface area contributed by atoms with Crippen LogP contribution in [-0.4, -0.2) is 15.8 Å². The molecular formula is C21H19N3O. The third-order valence-electron chi connectivity index (χ3n) is 5.83. The Morgan fingerprint density at radius 2 is 2.00 bits per heavy atom. The van der Waals surface area contributed by atoms with E-state index in [0.29, 0.717) is 0 Å². The van der Waals surface area contributed by atoms with Crippen LogP contribution in [0, 0.1) is 23.2 Å². The monoisotopic (exact) mass is 329 g/mol. The van der Waals surface area contributed by atoms with Crippen LogP contribution in [0.2, 0.25) is 0 Å². The maximum Gasteiger partial charge on any atom is 0.176 e. The van der Waals surface area contributed by atoms with Crippen LogP contribution in [-0.2, 0) is 16.6 Å². The molecule has 124 valence electrons. The van der Waals surface area contributed by atoms with E-state index in [0.717, 1.165) is 35.4 Å². The molecule has 0 saturated carbocycles. The minimum atomic E-state index is -0.404. The zero-order chi connectivity index (χ0) is 17.6. The lowest BCUT2D eigenvalue weighted by Gasteiger charge is -2.45. The number of hydrogen-bond donors (Lipinski definition) is 0. The summed E-state index contributed by atoms with van der Waals surface area (Å²) in [7, 11) is 0. The molecule has 25 heavy (non-hydrogen) atoms. The van der Waals surface area contributed by atoms with Crippen LogP contribution in [0.3, 0.4) is 0 Å². The molecule has 1 aromatic carbocycles. The highest BCUT2D eigenvalue weighted by molar-refractivity contribution is 6.02. The molecule has 1 aromatic heterocycles. The Hall–Kier alpha value is -2.80. The molecule has 0 aliphatic heterocycles. The second-order valence-corrected chi connectivity index (χ2v) is 7.17. The second-order valence-electron chi connectivity index (χ2n) is 7.17. The number of ketones is 1. The van der Waals surface area contributed by atoms with E-state index in [1.807, 2.05) is 31.2 Å². The predicted molar refractivity (Wildman–Crippen MR) is 94.5 cm³/mol. The minimum Gasteiger partial charge on any atom is -0.293 e. The standard InChI is InChI=1S/C21H19N3O/c1-13-17-9-8-16-18(14-6-4-3-5-7-14)23-12-24-20(16)21(17,2)10-15(11-22)19(13)25/h3-7,10,12-13,17H,8-9H2,1-2H3/t13?,17?,21-/m1/s1. The van der Waals surface area contributed by atoms with Gasteiger partial charge < -0.3 is 0 Å². The molecule has 0 N–H and O–H groups in total. The van der Waals surface area contributed by atoms with Crippen molar-refractivity contribution in [2.45, 2.75) is 32.1 Å². The van der Waals surface area contributed by atoms with E-state index in [4.69, 9.17) is 0 Å². The lowest BCUT2D eigenvalue weighted by molar-refractivity contribution is -0.121. The first-order valence-electron chi connectivity index (χ1n) is 8.63. The van der Waals surface area contributed by atoms with Gasteiger partial charge in [0.15, 0.2) is 5.78 Å². The minimum absolute atomic E-state index is 0.0363. The summed E-state index contributed by atoms with van der Waals surface area (Å²) in [5.41, 5.74) is 4.00. The highest BCUT2D eigenvalue weighted by atomic mass is 16.1. The van der Waals surface area contributed by atoms with Crippen molar-refractivity contribution < 1.29 is 4.79 Å². The third-order valence-corrected chi connectivity index (χ3v) is 5.83. The smallest absolute Gasteiger partial charge is 0.176 e. The number of benzene rings is 1. The molecule has 3 atom stereocenters. The number of fused-ring (bicyclic) bond motifs is 3. The maximum absolute atomic E-state index is 12.4. The zero-order valence-electron chi connectivity index (χ0n) is 14.4. The number of aromatic nitrogens is 2. The Balaban J connectivity index is 1.94. The number of nitriles is 1. The van der Waals surface area contributed by atoms with Crippen molar-refractivity contribution in [3.05, 3.63) is 59.6 Å². The van der Waals surface area contributed by atoms with Crippen molar-refractivity contribution in [3.8, 4) is 17.3 Å². The molecule has 0 fully saturated rings. The van der Waals surface area contributed by atoms with Crippen LogP contribution in [0.5, 0.6) is 0 Å². The Bertz CT molecular complexity index is 926. The van der Waals surface area contributed by atoms with Crippen LogP contribution in [0.1, 0.15) is 31.5 Å². The van der Waals surface area contributed by atoms with Crippen LogP contribution in [0.25, 0.3) is 11.3 Å². The molecule has 1 heterocycles. The second kappa shape index (κ2) is 5.63. The van der Waals surface area contributed by atoms with Crippen molar-refractivity contribution in [2.24, 2.45) is 11.8 Å². The zero-order valence-corrected chi connectivity index (χ0v) is 14.4. The molecule has 4 heteroatoms. The molecule has 0 spiro atoms. The number of nitrogens with zero attached hydrogens (tertiary/aromatic N) is 3. The fraction of sp³-hybridized carbons (Fsp3) is 0.333. The van der Waals surface area contributed by atoms with E-state index in [1.54, 1.807) is 6.33 Å². The molecular weight excluding hydrogens is 310 g/mol. The summed E-state index contributed by atoms with van der Waals surface area (Å²) in [6.07, 6.45) is 5.21. The van der Waals surface area contributed by atoms with Crippen molar-refractivity contribution in [2.75, 3.05) is 0 Å². The average molecular weight is 329 g/mol. The van der Waals surface area contributed by atoms with Crippen molar-refractivity contribution in [1.29, 1.82) is 5.26 Å². The molecule has 0 bridgehead atoms. The number of Topliss-reactive ketones (excluding diaryl/α,β-unsaturated/α-hetero) is 1. The van der Waals surface area contributed by atoms with Gasteiger partial charge in [0.25, 0.3) is 0 Å². The summed E-state index contributed by atoms with van der Waals surface area (Å²) in [6.45, 7) is 4.05. The van der Waals surface area contributed by atoms with Crippen molar-refractivity contribution in [1.82, 2.24) is 9.97 Å². The van der Waals surface area contributed by atoms with Crippen LogP contribution < -0.4 is 0 Å². The SMILES string of the molecule is CC1C(=O)C(C#N)=C[C@@]2(C)c3ncnc(-c4ccccc4)c3CCC12. The van der Waals surface area contributed by atoms with Gasteiger partial charge in [-0.2, -0.15) is 5.26 Å². The van der Waals surface area contributed by atoms with Gasteiger partial charge >= 0.3 is 0 Å². The van der Waals surface area contributed by atoms with Gasteiger partial charge in [0.05, 0.1) is 17.0 Å². The van der Waals surface area contributed by atoms with Gasteiger partial charge in [0.2, 0.25) is 0 Å². The molecule has 0 saturated heterocycles. The van der Waals surface area contributed by atoms with Gasteiger partial charge in [0.1, 0.15) is 12.4 Å². The van der Waals surface area contributed by atoms with Crippen LogP contribution in [0.15, 0.2) is 48.3 Å². The highest BCUT2D eigenvalue weighted by Gasteiger charge is 2.49. The number of carbonyl (C=O) groups is 1. The fourth-order valence-corrected chi connectivity index (χ4v) is 4.56. The summed E-state index contributed by atoms with van der Waals surface area (Å²) >= 11 is 0. The highest BCUT2D eigenvalue weighted by Crippen LogP contribution is 2.50. The van der Waals surface area contributed by atoms with Gasteiger partial charge in [-0.15, -0.1) is 0 Å². The molecule has 2 unspecified atom stereocenters. The topological polar surface area (TPSA) is 66.6 Å². The van der Waals surface area contributed by atoms with Gasteiger partial charge in [-0.25, -0.2) is 9.97 Å². The van der Waals surface area contributed by atoms with Gasteiger partial charge in [-0.05, 0) is 18.8 Å². The van der Waals surface area contributed by atoms with Crippen molar-refractivity contribution in [3.63, 3.8) is 0 Å². The maximum atomic E-state index is 12.4. The predicted octanol–water partition coefficient (Wildman–Crippen LogP) is 3.63. The quantitative estimate of drug-likeness (QED) is 0.801. The molecule has 4 rings (SSSR count). The number of rotatable bonds is 1. The first-order valence-corrected chi connectivity index (χ1v) is 8.63. The molecule has 0 amide bonds. The summed E-state index contributed by atoms with van der Waals surface area (Å²) in [5.74, 6) is -0.0261. The summed E-state index contributed by atoms with van der Waals surface area (Å²) < 4.78 is 0. The van der Waals surface area contributed by atoms with Gasteiger partial charge in [-0.1, -0.05) is 50.3 Å². The van der Waals surface area contributed by atoms with Crippen molar-refractivity contribution >= 4 is 5.78 Å². The first-order chi connectivity index (χ1) is 12.1. The van der Waals surface area contributed by atoms with E-state index in [1.165, 1.54) is 0 Å². The number of carbonyl (C=O) groups excluding carboxylic acids is 1. The van der Waals surface area contributed by atoms with Gasteiger partial charge in [0, 0.05) is 22.5 Å². The Labute approximate surface area is 147 Å². The normalized spacial score (nSPS) is 27.7. The largest absolute Gasteiger partial charge is 0.293 e. The van der Waals surface area contributed by atoms with E-state index in [2.05, 4.69) is 35.1 Å². The Morgan fingerprint density at radius 3 is 2.72 bits per heavy atom.